The van der Waals surface area contributed by atoms with Crippen LogP contribution in [0.15, 0.2) is 0 Å². The first-order valence-corrected chi connectivity index (χ1v) is 10.4. The zero-order chi connectivity index (χ0) is 19.2. The SMILES string of the molecule is O=C(NOC1CCN2CCNCC12)[C@@H]1CCC2CN1C(=O)N2OS(=O)(=O)O. The van der Waals surface area contributed by atoms with Gasteiger partial charge in [0.05, 0.1) is 12.1 Å². The van der Waals surface area contributed by atoms with Crippen molar-refractivity contribution in [2.75, 3.05) is 32.7 Å². The van der Waals surface area contributed by atoms with Gasteiger partial charge in [0.2, 0.25) is 0 Å². The number of carbonyl (C=O) groups is 2. The monoisotopic (exact) mass is 405 g/mol. The third kappa shape index (κ3) is 3.75. The van der Waals surface area contributed by atoms with E-state index in [9.17, 15) is 18.0 Å². The number of hydrogen-bond donors (Lipinski definition) is 3. The van der Waals surface area contributed by atoms with Crippen molar-refractivity contribution in [2.24, 2.45) is 0 Å². The Morgan fingerprint density at radius 2 is 2.07 bits per heavy atom. The maximum absolute atomic E-state index is 12.6. The molecule has 0 spiro atoms. The molecule has 4 saturated heterocycles. The Balaban J connectivity index is 1.34. The summed E-state index contributed by atoms with van der Waals surface area (Å²) in [6, 6.07) is -1.85. The van der Waals surface area contributed by atoms with Gasteiger partial charge in [-0.05, 0) is 19.3 Å². The molecule has 0 aliphatic carbocycles. The van der Waals surface area contributed by atoms with E-state index in [-0.39, 0.29) is 18.7 Å². The van der Waals surface area contributed by atoms with Crippen LogP contribution in [-0.4, -0.2) is 96.7 Å². The van der Waals surface area contributed by atoms with E-state index in [0.717, 1.165) is 32.6 Å². The second-order valence-electron chi connectivity index (χ2n) is 7.23. The highest BCUT2D eigenvalue weighted by molar-refractivity contribution is 7.80. The van der Waals surface area contributed by atoms with Crippen molar-refractivity contribution in [3.8, 4) is 0 Å². The molecule has 27 heavy (non-hydrogen) atoms. The molecule has 4 rings (SSSR count). The van der Waals surface area contributed by atoms with Gasteiger partial charge in [0.1, 0.15) is 12.1 Å². The summed E-state index contributed by atoms with van der Waals surface area (Å²) < 4.78 is 35.0. The number of carbonyl (C=O) groups excluding carboxylic acids is 2. The highest BCUT2D eigenvalue weighted by atomic mass is 32.3. The molecule has 4 heterocycles. The van der Waals surface area contributed by atoms with Gasteiger partial charge in [0.15, 0.2) is 0 Å². The summed E-state index contributed by atoms with van der Waals surface area (Å²) in [5, 5.41) is 3.93. The highest BCUT2D eigenvalue weighted by Crippen LogP contribution is 2.31. The fourth-order valence-corrected chi connectivity index (χ4v) is 4.73. The van der Waals surface area contributed by atoms with Crippen molar-refractivity contribution >= 4 is 22.3 Å². The Labute approximate surface area is 156 Å². The van der Waals surface area contributed by atoms with E-state index in [2.05, 4.69) is 20.0 Å². The van der Waals surface area contributed by atoms with Crippen LogP contribution in [0.2, 0.25) is 0 Å². The van der Waals surface area contributed by atoms with E-state index in [1.807, 2.05) is 0 Å². The third-order valence-electron chi connectivity index (χ3n) is 5.64. The first-order chi connectivity index (χ1) is 12.8. The van der Waals surface area contributed by atoms with E-state index in [0.29, 0.717) is 17.9 Å². The Morgan fingerprint density at radius 1 is 1.26 bits per heavy atom. The fourth-order valence-electron chi connectivity index (χ4n) is 4.34. The number of nitrogens with zero attached hydrogens (tertiary/aromatic N) is 3. The van der Waals surface area contributed by atoms with Gasteiger partial charge in [-0.25, -0.2) is 10.3 Å². The van der Waals surface area contributed by atoms with Crippen molar-refractivity contribution in [1.82, 2.24) is 25.7 Å². The van der Waals surface area contributed by atoms with Crippen LogP contribution in [0.5, 0.6) is 0 Å². The fraction of sp³-hybridized carbons (Fsp3) is 0.857. The number of piperidine rings is 1. The zero-order valence-corrected chi connectivity index (χ0v) is 15.4. The number of piperazine rings is 1. The summed E-state index contributed by atoms with van der Waals surface area (Å²) >= 11 is 0. The molecule has 0 aromatic heterocycles. The van der Waals surface area contributed by atoms with E-state index in [4.69, 9.17) is 9.39 Å². The minimum absolute atomic E-state index is 0.119. The van der Waals surface area contributed by atoms with Gasteiger partial charge in [-0.15, -0.1) is 4.28 Å². The quantitative estimate of drug-likeness (QED) is 0.353. The van der Waals surface area contributed by atoms with Gasteiger partial charge in [0.25, 0.3) is 5.91 Å². The number of nitrogens with one attached hydrogen (secondary N) is 2. The second-order valence-corrected chi connectivity index (χ2v) is 8.23. The molecule has 152 valence electrons. The van der Waals surface area contributed by atoms with E-state index >= 15 is 0 Å². The average Bonchev–Trinajstić information content (AvgIpc) is 3.14. The van der Waals surface area contributed by atoms with E-state index in [1.165, 1.54) is 4.90 Å². The van der Waals surface area contributed by atoms with Crippen LogP contribution in [-0.2, 0) is 24.3 Å². The van der Waals surface area contributed by atoms with Gasteiger partial charge in [-0.1, -0.05) is 0 Å². The lowest BCUT2D eigenvalue weighted by atomic mass is 10.0. The van der Waals surface area contributed by atoms with Crippen LogP contribution in [0.3, 0.4) is 0 Å². The van der Waals surface area contributed by atoms with Crippen LogP contribution in [0, 0.1) is 0 Å². The second kappa shape index (κ2) is 7.14. The Kier molecular flexibility index (Phi) is 4.98. The Bertz CT molecular complexity index is 719. The van der Waals surface area contributed by atoms with E-state index in [1.54, 1.807) is 0 Å². The van der Waals surface area contributed by atoms with Crippen molar-refractivity contribution in [2.45, 2.75) is 43.5 Å². The van der Waals surface area contributed by atoms with Crippen LogP contribution in [0.4, 0.5) is 4.79 Å². The highest BCUT2D eigenvalue weighted by Gasteiger charge is 2.49. The number of fused-ring (bicyclic) bond motifs is 3. The molecule has 3 amide bonds. The van der Waals surface area contributed by atoms with Crippen molar-refractivity contribution in [3.63, 3.8) is 0 Å². The molecule has 13 heteroatoms. The lowest BCUT2D eigenvalue weighted by Crippen LogP contribution is -2.54. The molecule has 2 bridgehead atoms. The Morgan fingerprint density at radius 3 is 2.85 bits per heavy atom. The predicted molar refractivity (Wildman–Crippen MR) is 89.2 cm³/mol. The summed E-state index contributed by atoms with van der Waals surface area (Å²) in [6.07, 6.45) is 1.42. The van der Waals surface area contributed by atoms with Crippen LogP contribution in [0.1, 0.15) is 19.3 Å². The molecule has 12 nitrogen and oxygen atoms in total. The summed E-state index contributed by atoms with van der Waals surface area (Å²) in [5.74, 6) is -0.447. The molecule has 4 aliphatic heterocycles. The summed E-state index contributed by atoms with van der Waals surface area (Å²) in [4.78, 5) is 34.1. The van der Waals surface area contributed by atoms with Crippen molar-refractivity contribution in [3.05, 3.63) is 0 Å². The maximum Gasteiger partial charge on any atom is 0.418 e. The summed E-state index contributed by atoms with van der Waals surface area (Å²) in [7, 11) is -4.81. The molecule has 4 aliphatic rings. The molecule has 0 radical (unpaired) electrons. The van der Waals surface area contributed by atoms with Crippen LogP contribution < -0.4 is 10.8 Å². The molecule has 0 aromatic rings. The van der Waals surface area contributed by atoms with Crippen LogP contribution >= 0.6 is 0 Å². The maximum atomic E-state index is 12.6. The zero-order valence-electron chi connectivity index (χ0n) is 14.6. The lowest BCUT2D eigenvalue weighted by molar-refractivity contribution is -0.145. The predicted octanol–water partition coefficient (Wildman–Crippen LogP) is -1.92. The lowest BCUT2D eigenvalue weighted by Gasteiger charge is -2.33. The molecular weight excluding hydrogens is 382 g/mol. The molecule has 3 N–H and O–H groups in total. The van der Waals surface area contributed by atoms with Crippen molar-refractivity contribution < 1.29 is 31.7 Å². The first-order valence-electron chi connectivity index (χ1n) is 9.00. The summed E-state index contributed by atoms with van der Waals surface area (Å²) in [5.41, 5.74) is 2.48. The van der Waals surface area contributed by atoms with Crippen molar-refractivity contribution in [1.29, 1.82) is 0 Å². The first kappa shape index (κ1) is 18.8. The third-order valence-corrected chi connectivity index (χ3v) is 5.99. The number of rotatable bonds is 5. The van der Waals surface area contributed by atoms with E-state index < -0.39 is 34.4 Å². The average molecular weight is 405 g/mol. The molecule has 3 unspecified atom stereocenters. The standard InChI is InChI=1S/C14H23N5O7S/c20-13(16-25-12-3-5-17-6-4-15-7-11(12)17)10-2-1-9-8-18(10)14(21)19(9)26-27(22,23)24/h9-12,15H,1-8H2,(H,16,20)(H,22,23,24)/t9?,10-,11?,12?/m0/s1. The summed E-state index contributed by atoms with van der Waals surface area (Å²) in [6.45, 7) is 3.77. The molecule has 0 saturated carbocycles. The number of hydroxylamine groups is 3. The Hall–Kier alpha value is -1.51. The van der Waals surface area contributed by atoms with Gasteiger partial charge >= 0.3 is 16.4 Å². The molecule has 0 aromatic carbocycles. The smallest absolute Gasteiger partial charge is 0.314 e. The van der Waals surface area contributed by atoms with Gasteiger partial charge in [-0.2, -0.15) is 13.5 Å². The number of amides is 3. The molecule has 4 atom stereocenters. The normalized spacial score (nSPS) is 34.0. The number of urea groups is 1. The molecular formula is C14H23N5O7S. The van der Waals surface area contributed by atoms with Gasteiger partial charge in [0, 0.05) is 32.7 Å². The minimum atomic E-state index is -4.81. The molecule has 4 fully saturated rings. The van der Waals surface area contributed by atoms with Gasteiger partial charge < -0.3 is 10.2 Å². The van der Waals surface area contributed by atoms with Crippen LogP contribution in [0.25, 0.3) is 0 Å². The topological polar surface area (TPSA) is 141 Å². The number of hydrogen-bond acceptors (Lipinski definition) is 8. The largest absolute Gasteiger partial charge is 0.418 e. The minimum Gasteiger partial charge on any atom is -0.314 e. The van der Waals surface area contributed by atoms with Gasteiger partial charge in [-0.3, -0.25) is 19.1 Å².